The molecule has 1 rings (SSSR count). The van der Waals surface area contributed by atoms with Gasteiger partial charge in [-0.1, -0.05) is 20.8 Å². The normalized spacial score (nSPS) is 12.0. The van der Waals surface area contributed by atoms with Crippen LogP contribution < -0.4 is 10.6 Å². The van der Waals surface area contributed by atoms with Gasteiger partial charge < -0.3 is 15.4 Å². The van der Waals surface area contributed by atoms with Gasteiger partial charge >= 0.3 is 6.09 Å². The van der Waals surface area contributed by atoms with Gasteiger partial charge in [0.05, 0.1) is 11.5 Å². The first-order chi connectivity index (χ1) is 10.5. The molecular formula is C16H26N2O3S. The summed E-state index contributed by atoms with van der Waals surface area (Å²) in [5.74, 6) is 0.321. The third-order valence-electron chi connectivity index (χ3n) is 3.10. The number of alkyl carbamates (subject to hydrolysis) is 1. The van der Waals surface area contributed by atoms with E-state index in [2.05, 4.69) is 31.4 Å². The number of thiophene rings is 1. The fourth-order valence-corrected chi connectivity index (χ4v) is 2.96. The van der Waals surface area contributed by atoms with E-state index < -0.39 is 6.09 Å². The molecule has 0 aromatic carbocycles. The van der Waals surface area contributed by atoms with Crippen LogP contribution in [0.25, 0.3) is 0 Å². The molecule has 0 fully saturated rings. The van der Waals surface area contributed by atoms with Crippen molar-refractivity contribution in [3.05, 3.63) is 21.9 Å². The Morgan fingerprint density at radius 3 is 2.55 bits per heavy atom. The lowest BCUT2D eigenvalue weighted by molar-refractivity contribution is 0.0948. The predicted octanol–water partition coefficient (Wildman–Crippen LogP) is 3.20. The average molecular weight is 326 g/mol. The maximum atomic E-state index is 12.1. The van der Waals surface area contributed by atoms with E-state index in [0.717, 1.165) is 12.8 Å². The zero-order valence-electron chi connectivity index (χ0n) is 13.8. The molecule has 2 amide bonds. The number of amides is 2. The summed E-state index contributed by atoms with van der Waals surface area (Å²) in [6.07, 6.45) is 1.27. The second-order valence-corrected chi connectivity index (χ2v) is 6.69. The van der Waals surface area contributed by atoms with E-state index in [0.29, 0.717) is 23.9 Å². The molecule has 0 unspecified atom stereocenters. The fraction of sp³-hybridized carbons (Fsp3) is 0.625. The predicted molar refractivity (Wildman–Crippen MR) is 89.4 cm³/mol. The molecule has 5 nitrogen and oxygen atoms in total. The van der Waals surface area contributed by atoms with Crippen molar-refractivity contribution >= 4 is 23.3 Å². The molecule has 6 heteroatoms. The van der Waals surface area contributed by atoms with E-state index >= 15 is 0 Å². The highest BCUT2D eigenvalue weighted by Crippen LogP contribution is 2.16. The summed E-state index contributed by atoms with van der Waals surface area (Å²) in [7, 11) is 0. The van der Waals surface area contributed by atoms with Gasteiger partial charge in [0.25, 0.3) is 5.91 Å². The maximum absolute atomic E-state index is 12.1. The largest absolute Gasteiger partial charge is 0.450 e. The van der Waals surface area contributed by atoms with Crippen molar-refractivity contribution in [2.24, 2.45) is 5.92 Å². The van der Waals surface area contributed by atoms with Crippen LogP contribution in [0.1, 0.15) is 48.7 Å². The van der Waals surface area contributed by atoms with Crippen molar-refractivity contribution in [2.45, 2.75) is 46.6 Å². The highest BCUT2D eigenvalue weighted by Gasteiger charge is 2.17. The summed E-state index contributed by atoms with van der Waals surface area (Å²) in [4.78, 5) is 25.6. The minimum absolute atomic E-state index is 0.0934. The Labute approximate surface area is 136 Å². The lowest BCUT2D eigenvalue weighted by Crippen LogP contribution is -2.44. The molecule has 1 aromatic heterocycles. The van der Waals surface area contributed by atoms with Crippen LogP contribution in [-0.4, -0.2) is 31.2 Å². The van der Waals surface area contributed by atoms with Crippen LogP contribution in [0.5, 0.6) is 0 Å². The van der Waals surface area contributed by atoms with Crippen LogP contribution in [0.2, 0.25) is 0 Å². The summed E-state index contributed by atoms with van der Waals surface area (Å²) in [6.45, 7) is 8.72. The smallest absolute Gasteiger partial charge is 0.407 e. The standard InChI is InChI=1S/C16H26N2O3S/c1-5-13-7-8-14(22-13)15(19)17-10-12(9-11(3)4)18-16(20)21-6-2/h7-8,11-12H,5-6,9-10H2,1-4H3,(H,17,19)(H,18,20)/t12-/m1/s1. The van der Waals surface area contributed by atoms with Gasteiger partial charge in [-0.15, -0.1) is 11.3 Å². The molecule has 0 aliphatic rings. The molecule has 0 saturated carbocycles. The molecule has 22 heavy (non-hydrogen) atoms. The second kappa shape index (κ2) is 9.46. The Morgan fingerprint density at radius 2 is 2.00 bits per heavy atom. The number of nitrogens with one attached hydrogen (secondary N) is 2. The van der Waals surface area contributed by atoms with Crippen molar-refractivity contribution in [1.29, 1.82) is 0 Å². The molecule has 1 aromatic rings. The molecule has 0 aliphatic heterocycles. The van der Waals surface area contributed by atoms with E-state index in [-0.39, 0.29) is 11.9 Å². The minimum Gasteiger partial charge on any atom is -0.450 e. The Balaban J connectivity index is 2.54. The van der Waals surface area contributed by atoms with Gasteiger partial charge in [0.1, 0.15) is 0 Å². The van der Waals surface area contributed by atoms with E-state index in [9.17, 15) is 9.59 Å². The molecule has 2 N–H and O–H groups in total. The molecule has 0 spiro atoms. The summed E-state index contributed by atoms with van der Waals surface area (Å²) in [5.41, 5.74) is 0. The van der Waals surface area contributed by atoms with Crippen molar-refractivity contribution in [3.8, 4) is 0 Å². The monoisotopic (exact) mass is 326 g/mol. The molecule has 0 bridgehead atoms. The molecule has 1 heterocycles. The maximum Gasteiger partial charge on any atom is 0.407 e. The van der Waals surface area contributed by atoms with Crippen LogP contribution in [0.4, 0.5) is 4.79 Å². The van der Waals surface area contributed by atoms with Crippen LogP contribution in [0.15, 0.2) is 12.1 Å². The summed E-state index contributed by atoms with van der Waals surface area (Å²) in [6, 6.07) is 3.69. The topological polar surface area (TPSA) is 67.4 Å². The Hall–Kier alpha value is -1.56. The number of carbonyl (C=O) groups excluding carboxylic acids is 2. The number of aryl methyl sites for hydroxylation is 1. The van der Waals surface area contributed by atoms with Gasteiger partial charge in [-0.3, -0.25) is 4.79 Å². The fourth-order valence-electron chi connectivity index (χ4n) is 2.09. The van der Waals surface area contributed by atoms with Crippen LogP contribution in [0, 0.1) is 5.92 Å². The van der Waals surface area contributed by atoms with E-state index in [1.54, 1.807) is 6.92 Å². The average Bonchev–Trinajstić information content (AvgIpc) is 2.93. The van der Waals surface area contributed by atoms with Crippen LogP contribution in [0.3, 0.4) is 0 Å². The highest BCUT2D eigenvalue weighted by atomic mass is 32.1. The van der Waals surface area contributed by atoms with Gasteiger partial charge in [-0.05, 0) is 37.8 Å². The third kappa shape index (κ3) is 6.47. The Morgan fingerprint density at radius 1 is 1.27 bits per heavy atom. The molecule has 1 atom stereocenters. The summed E-state index contributed by atoms with van der Waals surface area (Å²) < 4.78 is 4.90. The first kappa shape index (κ1) is 18.5. The number of hydrogen-bond donors (Lipinski definition) is 2. The third-order valence-corrected chi connectivity index (χ3v) is 4.32. The quantitative estimate of drug-likeness (QED) is 0.771. The summed E-state index contributed by atoms with van der Waals surface area (Å²) in [5, 5.41) is 5.69. The zero-order valence-corrected chi connectivity index (χ0v) is 14.6. The highest BCUT2D eigenvalue weighted by molar-refractivity contribution is 7.14. The van der Waals surface area contributed by atoms with Crippen molar-refractivity contribution < 1.29 is 14.3 Å². The van der Waals surface area contributed by atoms with Crippen LogP contribution in [-0.2, 0) is 11.2 Å². The summed E-state index contributed by atoms with van der Waals surface area (Å²) >= 11 is 1.50. The lowest BCUT2D eigenvalue weighted by atomic mass is 10.0. The SMILES string of the molecule is CCOC(=O)N[C@@H](CNC(=O)c1ccc(CC)s1)CC(C)C. The van der Waals surface area contributed by atoms with Gasteiger partial charge in [0.15, 0.2) is 0 Å². The Bertz CT molecular complexity index is 485. The van der Waals surface area contributed by atoms with E-state index in [1.165, 1.54) is 16.2 Å². The van der Waals surface area contributed by atoms with Gasteiger partial charge in [0, 0.05) is 17.5 Å². The van der Waals surface area contributed by atoms with Crippen molar-refractivity contribution in [1.82, 2.24) is 10.6 Å². The van der Waals surface area contributed by atoms with Gasteiger partial charge in [-0.2, -0.15) is 0 Å². The molecule has 0 aliphatic carbocycles. The Kier molecular flexibility index (Phi) is 7.95. The number of hydrogen-bond acceptors (Lipinski definition) is 4. The first-order valence-electron chi connectivity index (χ1n) is 7.76. The second-order valence-electron chi connectivity index (χ2n) is 5.52. The van der Waals surface area contributed by atoms with Crippen molar-refractivity contribution in [2.75, 3.05) is 13.2 Å². The van der Waals surface area contributed by atoms with Gasteiger partial charge in [-0.25, -0.2) is 4.79 Å². The molecular weight excluding hydrogens is 300 g/mol. The molecule has 0 saturated heterocycles. The van der Waals surface area contributed by atoms with E-state index in [4.69, 9.17) is 4.74 Å². The first-order valence-corrected chi connectivity index (χ1v) is 8.58. The molecule has 124 valence electrons. The molecule has 0 radical (unpaired) electrons. The number of ether oxygens (including phenoxy) is 1. The van der Waals surface area contributed by atoms with Crippen molar-refractivity contribution in [3.63, 3.8) is 0 Å². The number of rotatable bonds is 8. The van der Waals surface area contributed by atoms with Crippen LogP contribution >= 0.6 is 11.3 Å². The minimum atomic E-state index is -0.438. The number of carbonyl (C=O) groups is 2. The zero-order chi connectivity index (χ0) is 16.5. The lowest BCUT2D eigenvalue weighted by Gasteiger charge is -2.20. The van der Waals surface area contributed by atoms with E-state index in [1.807, 2.05) is 12.1 Å². The van der Waals surface area contributed by atoms with Gasteiger partial charge in [0.2, 0.25) is 0 Å².